The van der Waals surface area contributed by atoms with Crippen molar-refractivity contribution in [1.29, 1.82) is 0 Å². The van der Waals surface area contributed by atoms with Crippen LogP contribution in [0.3, 0.4) is 0 Å². The Morgan fingerprint density at radius 1 is 1.40 bits per heavy atom. The molecule has 0 amide bonds. The second-order valence-electron chi connectivity index (χ2n) is 4.63. The van der Waals surface area contributed by atoms with E-state index in [1.165, 1.54) is 17.5 Å². The molecule has 1 aromatic rings. The standard InChI is InChI=1S/C13H20BrNO4S/c1-10(2)15(6-7-19-3)20(17,18)13-5-4-11(9-16)8-12(13)14/h4-5,8,10,16H,6-7,9H2,1-3H3. The van der Waals surface area contributed by atoms with Crippen LogP contribution in [0.4, 0.5) is 0 Å². The number of halogens is 1. The lowest BCUT2D eigenvalue weighted by Crippen LogP contribution is -2.39. The van der Waals surface area contributed by atoms with Gasteiger partial charge in [0.1, 0.15) is 0 Å². The van der Waals surface area contributed by atoms with E-state index in [4.69, 9.17) is 9.84 Å². The van der Waals surface area contributed by atoms with Crippen LogP contribution in [0.15, 0.2) is 27.6 Å². The molecular weight excluding hydrogens is 346 g/mol. The van der Waals surface area contributed by atoms with E-state index in [9.17, 15) is 8.42 Å². The van der Waals surface area contributed by atoms with Gasteiger partial charge in [0.15, 0.2) is 0 Å². The fourth-order valence-corrected chi connectivity index (χ4v) is 4.52. The van der Waals surface area contributed by atoms with Gasteiger partial charge in [0, 0.05) is 24.2 Å². The highest BCUT2D eigenvalue weighted by molar-refractivity contribution is 9.10. The van der Waals surface area contributed by atoms with Gasteiger partial charge >= 0.3 is 0 Å². The summed E-state index contributed by atoms with van der Waals surface area (Å²) >= 11 is 3.26. The smallest absolute Gasteiger partial charge is 0.244 e. The van der Waals surface area contributed by atoms with E-state index in [2.05, 4.69) is 15.9 Å². The molecule has 7 heteroatoms. The Kier molecular flexibility index (Phi) is 6.60. The third-order valence-electron chi connectivity index (χ3n) is 2.86. The SMILES string of the molecule is COCCN(C(C)C)S(=O)(=O)c1ccc(CO)cc1Br. The predicted octanol–water partition coefficient (Wildman–Crippen LogP) is 1.99. The van der Waals surface area contributed by atoms with Crippen molar-refractivity contribution in [3.8, 4) is 0 Å². The van der Waals surface area contributed by atoms with E-state index < -0.39 is 10.0 Å². The molecule has 0 aliphatic rings. The summed E-state index contributed by atoms with van der Waals surface area (Å²) in [4.78, 5) is 0.194. The number of hydrogen-bond acceptors (Lipinski definition) is 4. The summed E-state index contributed by atoms with van der Waals surface area (Å²) in [5.74, 6) is 0. The summed E-state index contributed by atoms with van der Waals surface area (Å²) in [5.41, 5.74) is 0.656. The Morgan fingerprint density at radius 2 is 2.05 bits per heavy atom. The van der Waals surface area contributed by atoms with Crippen LogP contribution < -0.4 is 0 Å². The molecule has 0 atom stereocenters. The van der Waals surface area contributed by atoms with Crippen molar-refractivity contribution in [3.63, 3.8) is 0 Å². The number of benzene rings is 1. The zero-order chi connectivity index (χ0) is 15.3. The molecule has 0 aliphatic heterocycles. The molecule has 0 heterocycles. The molecule has 20 heavy (non-hydrogen) atoms. The molecule has 0 saturated heterocycles. The van der Waals surface area contributed by atoms with E-state index in [0.29, 0.717) is 23.2 Å². The highest BCUT2D eigenvalue weighted by Crippen LogP contribution is 2.27. The second kappa shape index (κ2) is 7.51. The maximum Gasteiger partial charge on any atom is 0.244 e. The number of aliphatic hydroxyl groups excluding tert-OH is 1. The first kappa shape index (κ1) is 17.6. The minimum Gasteiger partial charge on any atom is -0.392 e. The van der Waals surface area contributed by atoms with Gasteiger partial charge in [0.25, 0.3) is 0 Å². The van der Waals surface area contributed by atoms with Gasteiger partial charge in [-0.05, 0) is 47.5 Å². The summed E-state index contributed by atoms with van der Waals surface area (Å²) in [6.45, 7) is 4.15. The molecule has 0 bridgehead atoms. The Hall–Kier alpha value is -0.470. The lowest BCUT2D eigenvalue weighted by molar-refractivity contribution is 0.171. The Bertz CT molecular complexity index is 545. The van der Waals surface area contributed by atoms with Gasteiger partial charge in [-0.15, -0.1) is 0 Å². The summed E-state index contributed by atoms with van der Waals surface area (Å²) in [5, 5.41) is 9.07. The third-order valence-corrected chi connectivity index (χ3v) is 5.91. The number of nitrogens with zero attached hydrogens (tertiary/aromatic N) is 1. The molecule has 1 rings (SSSR count). The van der Waals surface area contributed by atoms with Crippen LogP contribution >= 0.6 is 15.9 Å². The molecule has 0 fully saturated rings. The Balaban J connectivity index is 3.19. The normalized spacial score (nSPS) is 12.3. The number of hydrogen-bond donors (Lipinski definition) is 1. The average Bonchev–Trinajstić information content (AvgIpc) is 2.37. The summed E-state index contributed by atoms with van der Waals surface area (Å²) in [6.07, 6.45) is 0. The molecule has 0 saturated carbocycles. The highest BCUT2D eigenvalue weighted by atomic mass is 79.9. The fraction of sp³-hybridized carbons (Fsp3) is 0.538. The van der Waals surface area contributed by atoms with Crippen molar-refractivity contribution in [2.24, 2.45) is 0 Å². The maximum absolute atomic E-state index is 12.7. The fourth-order valence-electron chi connectivity index (χ4n) is 1.82. The average molecular weight is 366 g/mol. The maximum atomic E-state index is 12.7. The van der Waals surface area contributed by atoms with Gasteiger partial charge in [-0.3, -0.25) is 0 Å². The quantitative estimate of drug-likeness (QED) is 0.802. The molecular formula is C13H20BrNO4S. The summed E-state index contributed by atoms with van der Waals surface area (Å²) < 4.78 is 32.2. The first-order chi connectivity index (χ1) is 9.34. The van der Waals surface area contributed by atoms with E-state index in [1.807, 2.05) is 13.8 Å². The molecule has 0 aliphatic carbocycles. The molecule has 114 valence electrons. The van der Waals surface area contributed by atoms with E-state index in [-0.39, 0.29) is 17.5 Å². The van der Waals surface area contributed by atoms with Gasteiger partial charge in [-0.25, -0.2) is 8.42 Å². The van der Waals surface area contributed by atoms with Gasteiger partial charge in [0.05, 0.1) is 18.1 Å². The Morgan fingerprint density at radius 3 is 2.50 bits per heavy atom. The predicted molar refractivity (Wildman–Crippen MR) is 81.0 cm³/mol. The first-order valence-electron chi connectivity index (χ1n) is 6.24. The Labute approximate surface area is 128 Å². The van der Waals surface area contributed by atoms with Gasteiger partial charge in [0.2, 0.25) is 10.0 Å². The van der Waals surface area contributed by atoms with Crippen molar-refractivity contribution >= 4 is 26.0 Å². The number of ether oxygens (including phenoxy) is 1. The summed E-state index contributed by atoms with van der Waals surface area (Å²) in [6, 6.07) is 4.56. The van der Waals surface area contributed by atoms with Gasteiger partial charge < -0.3 is 9.84 Å². The van der Waals surface area contributed by atoms with Crippen LogP contribution in [0.1, 0.15) is 19.4 Å². The van der Waals surface area contributed by atoms with Crippen molar-refractivity contribution in [1.82, 2.24) is 4.31 Å². The van der Waals surface area contributed by atoms with Crippen LogP contribution in [0.25, 0.3) is 0 Å². The lowest BCUT2D eigenvalue weighted by Gasteiger charge is -2.26. The highest BCUT2D eigenvalue weighted by Gasteiger charge is 2.28. The van der Waals surface area contributed by atoms with Crippen molar-refractivity contribution in [3.05, 3.63) is 28.2 Å². The van der Waals surface area contributed by atoms with E-state index >= 15 is 0 Å². The second-order valence-corrected chi connectivity index (χ2v) is 7.34. The molecule has 0 unspecified atom stereocenters. The largest absolute Gasteiger partial charge is 0.392 e. The van der Waals surface area contributed by atoms with E-state index in [0.717, 1.165) is 0 Å². The van der Waals surface area contributed by atoms with Crippen LogP contribution in [-0.2, 0) is 21.4 Å². The summed E-state index contributed by atoms with van der Waals surface area (Å²) in [7, 11) is -2.06. The minimum absolute atomic E-state index is 0.128. The number of aliphatic hydroxyl groups is 1. The van der Waals surface area contributed by atoms with Crippen LogP contribution in [0.5, 0.6) is 0 Å². The van der Waals surface area contributed by atoms with Crippen molar-refractivity contribution in [2.45, 2.75) is 31.4 Å². The monoisotopic (exact) mass is 365 g/mol. The third kappa shape index (κ3) is 4.02. The lowest BCUT2D eigenvalue weighted by atomic mass is 10.2. The van der Waals surface area contributed by atoms with Crippen LogP contribution in [0, 0.1) is 0 Å². The molecule has 1 aromatic carbocycles. The molecule has 5 nitrogen and oxygen atoms in total. The van der Waals surface area contributed by atoms with Crippen molar-refractivity contribution < 1.29 is 18.3 Å². The van der Waals surface area contributed by atoms with Gasteiger partial charge in [-0.1, -0.05) is 6.07 Å². The van der Waals surface area contributed by atoms with E-state index in [1.54, 1.807) is 12.1 Å². The number of methoxy groups -OCH3 is 1. The number of sulfonamides is 1. The first-order valence-corrected chi connectivity index (χ1v) is 8.48. The van der Waals surface area contributed by atoms with Gasteiger partial charge in [-0.2, -0.15) is 4.31 Å². The zero-order valence-electron chi connectivity index (χ0n) is 11.8. The zero-order valence-corrected chi connectivity index (χ0v) is 14.2. The number of rotatable bonds is 7. The van der Waals surface area contributed by atoms with Crippen LogP contribution in [-0.4, -0.2) is 44.1 Å². The van der Waals surface area contributed by atoms with Crippen molar-refractivity contribution in [2.75, 3.05) is 20.3 Å². The topological polar surface area (TPSA) is 66.8 Å². The van der Waals surface area contributed by atoms with Crippen LogP contribution in [0.2, 0.25) is 0 Å². The molecule has 0 aromatic heterocycles. The molecule has 1 N–H and O–H groups in total. The molecule has 0 radical (unpaired) electrons. The minimum atomic E-state index is -3.60. The molecule has 0 spiro atoms.